The standard InChI is InChI=1S/C20H18BrCl2N3O/c1-3-26(4-2)18-9-8-13(11-15(18)21)10-14(12-24)20(27)25-17-7-5-6-16(22)19(17)23/h5-11H,3-4H2,1-2H3,(H,25,27)/b14-10-. The lowest BCUT2D eigenvalue weighted by Crippen LogP contribution is -2.22. The monoisotopic (exact) mass is 465 g/mol. The molecule has 4 nitrogen and oxygen atoms in total. The molecule has 0 atom stereocenters. The van der Waals surface area contributed by atoms with Crippen molar-refractivity contribution in [2.75, 3.05) is 23.3 Å². The minimum Gasteiger partial charge on any atom is -0.371 e. The van der Waals surface area contributed by atoms with E-state index >= 15 is 0 Å². The Bertz CT molecular complexity index is 918. The number of carbonyl (C=O) groups excluding carboxylic acids is 1. The number of nitrogens with zero attached hydrogens (tertiary/aromatic N) is 2. The predicted octanol–water partition coefficient (Wildman–Crippen LogP) is 6.15. The van der Waals surface area contributed by atoms with Crippen molar-refractivity contribution >= 4 is 62.5 Å². The van der Waals surface area contributed by atoms with E-state index in [-0.39, 0.29) is 10.6 Å². The van der Waals surface area contributed by atoms with Crippen LogP contribution in [0.25, 0.3) is 6.08 Å². The van der Waals surface area contributed by atoms with Crippen LogP contribution >= 0.6 is 39.1 Å². The van der Waals surface area contributed by atoms with Gasteiger partial charge in [-0.1, -0.05) is 35.3 Å². The molecule has 0 heterocycles. The van der Waals surface area contributed by atoms with Crippen molar-refractivity contribution in [1.82, 2.24) is 0 Å². The highest BCUT2D eigenvalue weighted by Gasteiger charge is 2.13. The number of anilines is 2. The highest BCUT2D eigenvalue weighted by molar-refractivity contribution is 9.10. The number of amides is 1. The van der Waals surface area contributed by atoms with Gasteiger partial charge in [-0.05, 0) is 65.7 Å². The van der Waals surface area contributed by atoms with E-state index < -0.39 is 5.91 Å². The molecule has 0 bridgehead atoms. The molecule has 7 heteroatoms. The minimum absolute atomic E-state index is 0.0338. The van der Waals surface area contributed by atoms with Gasteiger partial charge in [-0.15, -0.1) is 0 Å². The van der Waals surface area contributed by atoms with Crippen LogP contribution in [0.1, 0.15) is 19.4 Å². The van der Waals surface area contributed by atoms with Crippen LogP contribution in [0.5, 0.6) is 0 Å². The Kier molecular flexibility index (Phi) is 7.73. The third-order valence-electron chi connectivity index (χ3n) is 3.95. The number of carbonyl (C=O) groups is 1. The van der Waals surface area contributed by atoms with Gasteiger partial charge in [0.1, 0.15) is 11.6 Å². The molecule has 0 saturated heterocycles. The quantitative estimate of drug-likeness (QED) is 0.410. The number of hydrogen-bond acceptors (Lipinski definition) is 3. The molecule has 0 saturated carbocycles. The molecule has 0 radical (unpaired) electrons. The molecule has 27 heavy (non-hydrogen) atoms. The molecule has 2 rings (SSSR count). The van der Waals surface area contributed by atoms with E-state index in [2.05, 4.69) is 40.0 Å². The van der Waals surface area contributed by atoms with Crippen molar-refractivity contribution in [3.8, 4) is 6.07 Å². The van der Waals surface area contributed by atoms with E-state index in [1.807, 2.05) is 24.3 Å². The van der Waals surface area contributed by atoms with E-state index in [0.29, 0.717) is 10.7 Å². The number of hydrogen-bond donors (Lipinski definition) is 1. The predicted molar refractivity (Wildman–Crippen MR) is 116 cm³/mol. The van der Waals surface area contributed by atoms with Gasteiger partial charge in [-0.3, -0.25) is 4.79 Å². The zero-order valence-electron chi connectivity index (χ0n) is 14.9. The molecular formula is C20H18BrCl2N3O. The second-order valence-corrected chi connectivity index (χ2v) is 7.25. The Balaban J connectivity index is 2.27. The van der Waals surface area contributed by atoms with Gasteiger partial charge in [0, 0.05) is 17.6 Å². The van der Waals surface area contributed by atoms with E-state index in [1.54, 1.807) is 18.2 Å². The maximum atomic E-state index is 12.4. The molecule has 0 aromatic heterocycles. The summed E-state index contributed by atoms with van der Waals surface area (Å²) in [6, 6.07) is 12.6. The van der Waals surface area contributed by atoms with Gasteiger partial charge in [-0.25, -0.2) is 0 Å². The van der Waals surface area contributed by atoms with Gasteiger partial charge in [0.2, 0.25) is 0 Å². The molecule has 0 unspecified atom stereocenters. The lowest BCUT2D eigenvalue weighted by Gasteiger charge is -2.22. The van der Waals surface area contributed by atoms with E-state index in [9.17, 15) is 10.1 Å². The molecule has 2 aromatic rings. The number of nitriles is 1. The molecule has 0 aliphatic rings. The van der Waals surface area contributed by atoms with Crippen molar-refractivity contribution in [2.24, 2.45) is 0 Å². The summed E-state index contributed by atoms with van der Waals surface area (Å²) < 4.78 is 0.899. The van der Waals surface area contributed by atoms with Gasteiger partial charge >= 0.3 is 0 Å². The summed E-state index contributed by atoms with van der Waals surface area (Å²) in [6.07, 6.45) is 1.53. The van der Waals surface area contributed by atoms with Crippen molar-refractivity contribution in [3.63, 3.8) is 0 Å². The topological polar surface area (TPSA) is 56.1 Å². The largest absolute Gasteiger partial charge is 0.371 e. The number of halogens is 3. The third kappa shape index (κ3) is 5.26. The summed E-state index contributed by atoms with van der Waals surface area (Å²) in [6.45, 7) is 5.94. The molecule has 1 N–H and O–H groups in total. The summed E-state index contributed by atoms with van der Waals surface area (Å²) in [5, 5.41) is 12.6. The van der Waals surface area contributed by atoms with E-state index in [0.717, 1.165) is 28.8 Å². The third-order valence-corrected chi connectivity index (χ3v) is 5.41. The van der Waals surface area contributed by atoms with Crippen molar-refractivity contribution in [1.29, 1.82) is 5.26 Å². The average Bonchev–Trinajstić information content (AvgIpc) is 2.65. The molecule has 0 aliphatic heterocycles. The fourth-order valence-corrected chi connectivity index (χ4v) is 3.53. The van der Waals surface area contributed by atoms with Gasteiger partial charge in [-0.2, -0.15) is 5.26 Å². The first-order valence-electron chi connectivity index (χ1n) is 8.32. The maximum Gasteiger partial charge on any atom is 0.266 e. The smallest absolute Gasteiger partial charge is 0.266 e. The summed E-state index contributed by atoms with van der Waals surface area (Å²) >= 11 is 15.6. The van der Waals surface area contributed by atoms with Crippen LogP contribution < -0.4 is 10.2 Å². The van der Waals surface area contributed by atoms with Crippen LogP contribution in [-0.2, 0) is 4.79 Å². The van der Waals surface area contributed by atoms with Gasteiger partial charge in [0.25, 0.3) is 5.91 Å². The molecule has 0 fully saturated rings. The van der Waals surface area contributed by atoms with E-state index in [1.165, 1.54) is 6.08 Å². The molecular weight excluding hydrogens is 449 g/mol. The Morgan fingerprint density at radius 3 is 2.56 bits per heavy atom. The lowest BCUT2D eigenvalue weighted by molar-refractivity contribution is -0.112. The fraction of sp³-hybridized carbons (Fsp3) is 0.200. The minimum atomic E-state index is -0.550. The van der Waals surface area contributed by atoms with Gasteiger partial charge < -0.3 is 10.2 Å². The van der Waals surface area contributed by atoms with Gasteiger partial charge in [0.15, 0.2) is 0 Å². The number of nitrogens with one attached hydrogen (secondary N) is 1. The second-order valence-electron chi connectivity index (χ2n) is 5.61. The highest BCUT2D eigenvalue weighted by Crippen LogP contribution is 2.30. The zero-order valence-corrected chi connectivity index (χ0v) is 18.0. The van der Waals surface area contributed by atoms with Crippen molar-refractivity contribution in [2.45, 2.75) is 13.8 Å². The van der Waals surface area contributed by atoms with Crippen LogP contribution in [0, 0.1) is 11.3 Å². The fourth-order valence-electron chi connectivity index (χ4n) is 2.54. The summed E-state index contributed by atoms with van der Waals surface area (Å²) in [7, 11) is 0. The highest BCUT2D eigenvalue weighted by atomic mass is 79.9. The van der Waals surface area contributed by atoms with Crippen LogP contribution in [0.15, 0.2) is 46.4 Å². The number of benzene rings is 2. The Morgan fingerprint density at radius 1 is 1.26 bits per heavy atom. The SMILES string of the molecule is CCN(CC)c1ccc(/C=C(/C#N)C(=O)Nc2cccc(Cl)c2Cl)cc1Br. The van der Waals surface area contributed by atoms with Crippen LogP contribution in [0.3, 0.4) is 0 Å². The summed E-state index contributed by atoms with van der Waals surface area (Å²) in [5.41, 5.74) is 2.12. The van der Waals surface area contributed by atoms with Crippen LogP contribution in [0.4, 0.5) is 11.4 Å². The summed E-state index contributed by atoms with van der Waals surface area (Å²) in [4.78, 5) is 14.6. The maximum absolute atomic E-state index is 12.4. The zero-order chi connectivity index (χ0) is 20.0. The van der Waals surface area contributed by atoms with Crippen molar-refractivity contribution < 1.29 is 4.79 Å². The van der Waals surface area contributed by atoms with Crippen LogP contribution in [0.2, 0.25) is 10.0 Å². The van der Waals surface area contributed by atoms with Crippen molar-refractivity contribution in [3.05, 3.63) is 62.1 Å². The molecule has 140 valence electrons. The van der Waals surface area contributed by atoms with E-state index in [4.69, 9.17) is 23.2 Å². The molecule has 1 amide bonds. The van der Waals surface area contributed by atoms with Gasteiger partial charge in [0.05, 0.1) is 21.4 Å². The first-order valence-corrected chi connectivity index (χ1v) is 9.87. The molecule has 2 aromatic carbocycles. The number of rotatable bonds is 6. The summed E-state index contributed by atoms with van der Waals surface area (Å²) in [5.74, 6) is -0.550. The normalized spacial score (nSPS) is 11.0. The lowest BCUT2D eigenvalue weighted by atomic mass is 10.1. The Morgan fingerprint density at radius 2 is 1.96 bits per heavy atom. The van der Waals surface area contributed by atoms with Crippen LogP contribution in [-0.4, -0.2) is 19.0 Å². The molecule has 0 aliphatic carbocycles. The first kappa shape index (κ1) is 21.3. The Hall–Kier alpha value is -2.00. The average molecular weight is 467 g/mol. The second kappa shape index (κ2) is 9.80. The first-order chi connectivity index (χ1) is 12.9. The molecule has 0 spiro atoms. The Labute approximate surface area is 177 Å².